The van der Waals surface area contributed by atoms with E-state index < -0.39 is 0 Å². The van der Waals surface area contributed by atoms with E-state index in [2.05, 4.69) is 15.8 Å². The minimum atomic E-state index is -0.319. The molecule has 0 radical (unpaired) electrons. The highest BCUT2D eigenvalue weighted by atomic mass is 16.5. The van der Waals surface area contributed by atoms with Crippen LogP contribution in [0.1, 0.15) is 64.0 Å². The van der Waals surface area contributed by atoms with Gasteiger partial charge in [0.1, 0.15) is 11.5 Å². The number of nitrogens with zero attached hydrogens (tertiary/aromatic N) is 1. The Bertz CT molecular complexity index is 914. The number of methoxy groups -OCH3 is 1. The Morgan fingerprint density at radius 2 is 2.07 bits per heavy atom. The molecule has 0 unspecified atom stereocenters. The van der Waals surface area contributed by atoms with Gasteiger partial charge in [-0.15, -0.1) is 0 Å². The Labute approximate surface area is 164 Å². The molecule has 1 heterocycles. The van der Waals surface area contributed by atoms with E-state index >= 15 is 0 Å². The first kappa shape index (κ1) is 19.7. The molecule has 1 aliphatic carbocycles. The minimum Gasteiger partial charge on any atom is -0.497 e. The van der Waals surface area contributed by atoms with Gasteiger partial charge in [0.2, 0.25) is 0 Å². The first-order valence-corrected chi connectivity index (χ1v) is 9.47. The summed E-state index contributed by atoms with van der Waals surface area (Å²) >= 11 is 0. The Balaban J connectivity index is 1.82. The number of amides is 2. The summed E-state index contributed by atoms with van der Waals surface area (Å²) in [5, 5.41) is 7.18. The van der Waals surface area contributed by atoms with Crippen LogP contribution in [0.4, 0.5) is 0 Å². The zero-order valence-electron chi connectivity index (χ0n) is 16.4. The molecular weight excluding hydrogens is 358 g/mol. The number of benzene rings is 1. The van der Waals surface area contributed by atoms with Gasteiger partial charge in [0.15, 0.2) is 5.76 Å². The largest absolute Gasteiger partial charge is 0.497 e. The predicted molar refractivity (Wildman–Crippen MR) is 106 cm³/mol. The van der Waals surface area contributed by atoms with E-state index in [0.29, 0.717) is 30.0 Å². The third-order valence-corrected chi connectivity index (χ3v) is 4.69. The van der Waals surface area contributed by atoms with Gasteiger partial charge in [0.05, 0.1) is 12.8 Å². The Morgan fingerprint density at radius 3 is 2.82 bits per heavy atom. The van der Waals surface area contributed by atoms with Crippen molar-refractivity contribution >= 4 is 17.5 Å². The lowest BCUT2D eigenvalue weighted by atomic mass is 9.93. The van der Waals surface area contributed by atoms with Gasteiger partial charge in [-0.05, 0) is 44.4 Å². The number of carbonyl (C=O) groups excluding carboxylic acids is 2. The normalized spacial score (nSPS) is 14.5. The zero-order chi connectivity index (χ0) is 20.1. The fraction of sp³-hybridized carbons (Fsp3) is 0.381. The van der Waals surface area contributed by atoms with Gasteiger partial charge >= 0.3 is 0 Å². The van der Waals surface area contributed by atoms with E-state index in [0.717, 1.165) is 41.9 Å². The molecule has 7 heteroatoms. The molecule has 2 N–H and O–H groups in total. The second-order valence-electron chi connectivity index (χ2n) is 6.70. The molecule has 0 saturated carbocycles. The molecule has 148 valence electrons. The zero-order valence-corrected chi connectivity index (χ0v) is 16.4. The van der Waals surface area contributed by atoms with E-state index in [1.165, 1.54) is 0 Å². The molecule has 3 rings (SSSR count). The van der Waals surface area contributed by atoms with E-state index in [1.54, 1.807) is 31.4 Å². The van der Waals surface area contributed by atoms with Crippen molar-refractivity contribution in [3.05, 3.63) is 52.5 Å². The third-order valence-electron chi connectivity index (χ3n) is 4.69. The Kier molecular flexibility index (Phi) is 6.13. The van der Waals surface area contributed by atoms with Crippen LogP contribution in [0.2, 0.25) is 0 Å². The van der Waals surface area contributed by atoms with Crippen LogP contribution in [0.5, 0.6) is 5.75 Å². The van der Waals surface area contributed by atoms with Crippen molar-refractivity contribution in [3.63, 3.8) is 0 Å². The summed E-state index contributed by atoms with van der Waals surface area (Å²) < 4.78 is 11.0. The van der Waals surface area contributed by atoms with Crippen molar-refractivity contribution in [2.45, 2.75) is 39.5 Å². The Hall–Kier alpha value is -3.09. The highest BCUT2D eigenvalue weighted by Crippen LogP contribution is 2.29. The number of ether oxygens (including phenoxy) is 1. The predicted octanol–water partition coefficient (Wildman–Crippen LogP) is 3.21. The molecule has 0 atom stereocenters. The van der Waals surface area contributed by atoms with Gasteiger partial charge in [-0.1, -0.05) is 13.0 Å². The first-order chi connectivity index (χ1) is 13.5. The maximum absolute atomic E-state index is 12.4. The molecule has 2 aromatic rings. The number of hydrogen-bond acceptors (Lipinski definition) is 5. The topological polar surface area (TPSA) is 92.9 Å². The van der Waals surface area contributed by atoms with Gasteiger partial charge < -0.3 is 14.5 Å². The van der Waals surface area contributed by atoms with Crippen molar-refractivity contribution in [3.8, 4) is 5.75 Å². The summed E-state index contributed by atoms with van der Waals surface area (Å²) in [6.07, 6.45) is 3.17. The summed E-state index contributed by atoms with van der Waals surface area (Å²) in [7, 11) is 1.55. The maximum Gasteiger partial charge on any atom is 0.287 e. The number of fused-ring (bicyclic) bond motifs is 1. The van der Waals surface area contributed by atoms with E-state index in [1.807, 2.05) is 13.8 Å². The molecular formula is C21H25N3O4. The summed E-state index contributed by atoms with van der Waals surface area (Å²) in [6, 6.07) is 6.88. The second-order valence-corrected chi connectivity index (χ2v) is 6.70. The molecule has 7 nitrogen and oxygen atoms in total. The second kappa shape index (κ2) is 8.73. The van der Waals surface area contributed by atoms with E-state index in [9.17, 15) is 9.59 Å². The molecule has 0 aliphatic heterocycles. The number of nitrogens with one attached hydrogen (secondary N) is 2. The van der Waals surface area contributed by atoms with Gasteiger partial charge in [-0.3, -0.25) is 9.59 Å². The van der Waals surface area contributed by atoms with Crippen LogP contribution in [-0.2, 0) is 6.42 Å². The van der Waals surface area contributed by atoms with Gasteiger partial charge in [0.25, 0.3) is 11.8 Å². The minimum absolute atomic E-state index is 0.214. The van der Waals surface area contributed by atoms with Crippen molar-refractivity contribution in [1.82, 2.24) is 10.7 Å². The smallest absolute Gasteiger partial charge is 0.287 e. The molecule has 1 aromatic carbocycles. The highest BCUT2D eigenvalue weighted by molar-refractivity contribution is 6.07. The van der Waals surface area contributed by atoms with Crippen molar-refractivity contribution in [2.75, 3.05) is 13.7 Å². The molecule has 1 aromatic heterocycles. The van der Waals surface area contributed by atoms with E-state index in [-0.39, 0.29) is 11.8 Å². The highest BCUT2D eigenvalue weighted by Gasteiger charge is 2.27. The number of furan rings is 1. The van der Waals surface area contributed by atoms with Gasteiger partial charge in [-0.2, -0.15) is 5.10 Å². The van der Waals surface area contributed by atoms with Crippen LogP contribution in [0.15, 0.2) is 33.8 Å². The molecule has 0 spiro atoms. The van der Waals surface area contributed by atoms with Crippen molar-refractivity contribution in [1.29, 1.82) is 0 Å². The first-order valence-electron chi connectivity index (χ1n) is 9.47. The average Bonchev–Trinajstić information content (AvgIpc) is 3.07. The van der Waals surface area contributed by atoms with Crippen LogP contribution >= 0.6 is 0 Å². The van der Waals surface area contributed by atoms with Crippen LogP contribution < -0.4 is 15.5 Å². The quantitative estimate of drug-likeness (QED) is 0.749. The van der Waals surface area contributed by atoms with Crippen molar-refractivity contribution in [2.24, 2.45) is 5.10 Å². The molecule has 2 amide bonds. The average molecular weight is 383 g/mol. The maximum atomic E-state index is 12.4. The lowest BCUT2D eigenvalue weighted by molar-refractivity contribution is 0.0921. The summed E-state index contributed by atoms with van der Waals surface area (Å²) in [4.78, 5) is 24.8. The summed E-state index contributed by atoms with van der Waals surface area (Å²) in [5.41, 5.74) is 5.40. The molecule has 0 saturated heterocycles. The van der Waals surface area contributed by atoms with Crippen LogP contribution in [-0.4, -0.2) is 31.2 Å². The standard InChI is InChI=1S/C21H25N3O4/c1-4-11-22-21(26)19-13(2)18-16(9-6-10-17(18)28-19)23-24-20(25)14-7-5-8-15(12-14)27-3/h5,7-8,12H,4,6,9-11H2,1-3H3,(H,22,26)(H,24,25)/b23-16+. The van der Waals surface area contributed by atoms with Crippen LogP contribution in [0, 0.1) is 6.92 Å². The Morgan fingerprint density at radius 1 is 1.25 bits per heavy atom. The summed E-state index contributed by atoms with van der Waals surface area (Å²) in [5.74, 6) is 1.15. The van der Waals surface area contributed by atoms with Crippen LogP contribution in [0.3, 0.4) is 0 Å². The summed E-state index contributed by atoms with van der Waals surface area (Å²) in [6.45, 7) is 4.45. The van der Waals surface area contributed by atoms with Gasteiger partial charge in [0, 0.05) is 29.7 Å². The lowest BCUT2D eigenvalue weighted by Gasteiger charge is -2.13. The van der Waals surface area contributed by atoms with E-state index in [4.69, 9.17) is 9.15 Å². The number of aryl methyl sites for hydroxylation is 1. The SMILES string of the molecule is CCCNC(=O)c1oc2c(c1C)/C(=N/NC(=O)c1cccc(OC)c1)CCC2. The fourth-order valence-corrected chi connectivity index (χ4v) is 3.26. The number of carbonyl (C=O) groups is 2. The van der Waals surface area contributed by atoms with Gasteiger partial charge in [-0.25, -0.2) is 5.43 Å². The number of hydrogen-bond donors (Lipinski definition) is 2. The van der Waals surface area contributed by atoms with Crippen molar-refractivity contribution < 1.29 is 18.7 Å². The van der Waals surface area contributed by atoms with Crippen LogP contribution in [0.25, 0.3) is 0 Å². The molecule has 0 bridgehead atoms. The monoisotopic (exact) mass is 383 g/mol. The molecule has 0 fully saturated rings. The molecule has 1 aliphatic rings. The third kappa shape index (κ3) is 4.08. The number of hydrazone groups is 1. The fourth-order valence-electron chi connectivity index (χ4n) is 3.26. The molecule has 28 heavy (non-hydrogen) atoms. The number of rotatable bonds is 6. The lowest BCUT2D eigenvalue weighted by Crippen LogP contribution is -2.24.